The van der Waals surface area contributed by atoms with Crippen LogP contribution in [0.3, 0.4) is 0 Å². The Labute approximate surface area is 124 Å². The van der Waals surface area contributed by atoms with Crippen LogP contribution in [-0.4, -0.2) is 32.3 Å². The van der Waals surface area contributed by atoms with Gasteiger partial charge in [0.15, 0.2) is 0 Å². The van der Waals surface area contributed by atoms with E-state index in [2.05, 4.69) is 12.2 Å². The number of nitrogens with two attached hydrogens (primary N) is 1. The fraction of sp³-hybridized carbons (Fsp3) is 0.500. The third-order valence-corrected chi connectivity index (χ3v) is 2.82. The van der Waals surface area contributed by atoms with E-state index in [1.165, 1.54) is 0 Å². The summed E-state index contributed by atoms with van der Waals surface area (Å²) in [4.78, 5) is 11.6. The molecule has 0 unspecified atom stereocenters. The molecule has 0 spiro atoms. The number of benzene rings is 1. The zero-order valence-corrected chi connectivity index (χ0v) is 12.4. The molecule has 0 aliphatic rings. The number of anilines is 2. The van der Waals surface area contributed by atoms with Crippen LogP contribution in [0.25, 0.3) is 0 Å². The highest BCUT2D eigenvalue weighted by molar-refractivity contribution is 6.33. The molecule has 1 rings (SSSR count). The lowest BCUT2D eigenvalue weighted by molar-refractivity contribution is -0.117. The first kappa shape index (κ1) is 16.8. The molecule has 0 aliphatic heterocycles. The van der Waals surface area contributed by atoms with E-state index in [1.54, 1.807) is 18.2 Å². The van der Waals surface area contributed by atoms with Gasteiger partial charge >= 0.3 is 0 Å². The number of rotatable bonds is 9. The number of hydrogen-bond acceptors (Lipinski definition) is 4. The van der Waals surface area contributed by atoms with E-state index in [1.807, 2.05) is 0 Å². The average Bonchev–Trinajstić information content (AvgIpc) is 2.42. The molecule has 6 heteroatoms. The highest BCUT2D eigenvalue weighted by Crippen LogP contribution is 2.22. The van der Waals surface area contributed by atoms with Crippen LogP contribution in [0.4, 0.5) is 11.4 Å². The maximum Gasteiger partial charge on any atom is 0.226 e. The SMILES string of the molecule is CCCOCCOCCC(=O)Nc1ccc(Cl)c(N)c1. The zero-order valence-electron chi connectivity index (χ0n) is 11.7. The van der Waals surface area contributed by atoms with Crippen LogP contribution in [0.5, 0.6) is 0 Å². The lowest BCUT2D eigenvalue weighted by atomic mass is 10.2. The highest BCUT2D eigenvalue weighted by Gasteiger charge is 2.04. The normalized spacial score (nSPS) is 10.5. The van der Waals surface area contributed by atoms with Gasteiger partial charge in [0, 0.05) is 12.3 Å². The first-order valence-corrected chi connectivity index (χ1v) is 7.01. The molecule has 1 aromatic rings. The largest absolute Gasteiger partial charge is 0.397 e. The second-order valence-corrected chi connectivity index (χ2v) is 4.67. The molecule has 0 heterocycles. The second kappa shape index (κ2) is 9.58. The third-order valence-electron chi connectivity index (χ3n) is 2.47. The Kier molecular flexibility index (Phi) is 8.02. The van der Waals surface area contributed by atoms with Crippen molar-refractivity contribution in [1.82, 2.24) is 0 Å². The molecule has 1 amide bonds. The minimum atomic E-state index is -0.124. The van der Waals surface area contributed by atoms with Gasteiger partial charge in [-0.25, -0.2) is 0 Å². The number of ether oxygens (including phenoxy) is 2. The number of nitrogen functional groups attached to an aromatic ring is 1. The summed E-state index contributed by atoms with van der Waals surface area (Å²) in [6, 6.07) is 4.98. The summed E-state index contributed by atoms with van der Waals surface area (Å²) in [6.45, 7) is 4.21. The summed E-state index contributed by atoms with van der Waals surface area (Å²) in [5, 5.41) is 3.20. The van der Waals surface area contributed by atoms with Crippen molar-refractivity contribution in [3.63, 3.8) is 0 Å². The Morgan fingerprint density at radius 2 is 1.95 bits per heavy atom. The maximum absolute atomic E-state index is 11.6. The predicted molar refractivity (Wildman–Crippen MR) is 81.0 cm³/mol. The number of nitrogens with one attached hydrogen (secondary N) is 1. The van der Waals surface area contributed by atoms with Gasteiger partial charge in [0.1, 0.15) is 0 Å². The quantitative estimate of drug-likeness (QED) is 0.543. The van der Waals surface area contributed by atoms with Crippen LogP contribution >= 0.6 is 11.6 Å². The van der Waals surface area contributed by atoms with Crippen LogP contribution in [0, 0.1) is 0 Å². The molecular weight excluding hydrogens is 280 g/mol. The van der Waals surface area contributed by atoms with E-state index >= 15 is 0 Å². The smallest absolute Gasteiger partial charge is 0.226 e. The molecule has 1 aromatic carbocycles. The van der Waals surface area contributed by atoms with Crippen LogP contribution in [-0.2, 0) is 14.3 Å². The van der Waals surface area contributed by atoms with Gasteiger partial charge in [-0.05, 0) is 24.6 Å². The van der Waals surface area contributed by atoms with Crippen molar-refractivity contribution in [2.45, 2.75) is 19.8 Å². The zero-order chi connectivity index (χ0) is 14.8. The van der Waals surface area contributed by atoms with Crippen LogP contribution in [0.1, 0.15) is 19.8 Å². The number of carbonyl (C=O) groups is 1. The summed E-state index contributed by atoms with van der Waals surface area (Å²) in [5.41, 5.74) is 6.72. The highest BCUT2D eigenvalue weighted by atomic mass is 35.5. The molecule has 0 aromatic heterocycles. The third kappa shape index (κ3) is 6.75. The monoisotopic (exact) mass is 300 g/mol. The molecule has 0 radical (unpaired) electrons. The summed E-state index contributed by atoms with van der Waals surface area (Å²) >= 11 is 5.80. The van der Waals surface area contributed by atoms with Gasteiger partial charge in [-0.2, -0.15) is 0 Å². The minimum absolute atomic E-state index is 0.124. The molecule has 3 N–H and O–H groups in total. The summed E-state index contributed by atoms with van der Waals surface area (Å²) in [6.07, 6.45) is 1.28. The fourth-order valence-corrected chi connectivity index (χ4v) is 1.59. The summed E-state index contributed by atoms with van der Waals surface area (Å²) in [5.74, 6) is -0.124. The van der Waals surface area contributed by atoms with E-state index < -0.39 is 0 Å². The molecule has 0 atom stereocenters. The average molecular weight is 301 g/mol. The van der Waals surface area contributed by atoms with Gasteiger partial charge in [0.05, 0.1) is 37.0 Å². The lowest BCUT2D eigenvalue weighted by Crippen LogP contribution is -2.15. The molecule has 0 aliphatic carbocycles. The Hall–Kier alpha value is -1.30. The van der Waals surface area contributed by atoms with E-state index in [4.69, 9.17) is 26.8 Å². The molecule has 0 bridgehead atoms. The Bertz CT molecular complexity index is 427. The van der Waals surface area contributed by atoms with E-state index in [0.29, 0.717) is 36.2 Å². The van der Waals surface area contributed by atoms with Crippen LogP contribution < -0.4 is 11.1 Å². The molecule has 5 nitrogen and oxygen atoms in total. The van der Waals surface area contributed by atoms with Gasteiger partial charge in [-0.3, -0.25) is 4.79 Å². The topological polar surface area (TPSA) is 73.6 Å². The number of halogens is 1. The van der Waals surface area contributed by atoms with E-state index in [0.717, 1.165) is 13.0 Å². The molecular formula is C14H21ClN2O3. The second-order valence-electron chi connectivity index (χ2n) is 4.26. The predicted octanol–water partition coefficient (Wildman–Crippen LogP) is 2.69. The van der Waals surface area contributed by atoms with Crippen LogP contribution in [0.15, 0.2) is 18.2 Å². The van der Waals surface area contributed by atoms with Crippen molar-refractivity contribution in [1.29, 1.82) is 0 Å². The Morgan fingerprint density at radius 3 is 2.60 bits per heavy atom. The first-order chi connectivity index (χ1) is 9.63. The van der Waals surface area contributed by atoms with Crippen molar-refractivity contribution in [3.8, 4) is 0 Å². The van der Waals surface area contributed by atoms with Gasteiger partial charge in [-0.15, -0.1) is 0 Å². The van der Waals surface area contributed by atoms with Crippen molar-refractivity contribution >= 4 is 28.9 Å². The molecule has 112 valence electrons. The Balaban J connectivity index is 2.15. The first-order valence-electron chi connectivity index (χ1n) is 6.64. The molecule has 0 saturated carbocycles. The van der Waals surface area contributed by atoms with Crippen molar-refractivity contribution in [2.75, 3.05) is 37.5 Å². The minimum Gasteiger partial charge on any atom is -0.397 e. The molecule has 0 fully saturated rings. The number of amides is 1. The van der Waals surface area contributed by atoms with Crippen molar-refractivity contribution in [2.24, 2.45) is 0 Å². The van der Waals surface area contributed by atoms with Gasteiger partial charge < -0.3 is 20.5 Å². The summed E-state index contributed by atoms with van der Waals surface area (Å²) in [7, 11) is 0. The van der Waals surface area contributed by atoms with Gasteiger partial charge in [-0.1, -0.05) is 18.5 Å². The summed E-state index contributed by atoms with van der Waals surface area (Å²) < 4.78 is 10.6. The van der Waals surface area contributed by atoms with Gasteiger partial charge in [0.25, 0.3) is 0 Å². The van der Waals surface area contributed by atoms with Crippen molar-refractivity contribution < 1.29 is 14.3 Å². The van der Waals surface area contributed by atoms with Crippen molar-refractivity contribution in [3.05, 3.63) is 23.2 Å². The molecule has 20 heavy (non-hydrogen) atoms. The Morgan fingerprint density at radius 1 is 1.25 bits per heavy atom. The van der Waals surface area contributed by atoms with Crippen LogP contribution in [0.2, 0.25) is 5.02 Å². The lowest BCUT2D eigenvalue weighted by Gasteiger charge is -2.07. The molecule has 0 saturated heterocycles. The standard InChI is InChI=1S/C14H21ClN2O3/c1-2-6-19-8-9-20-7-5-14(18)17-11-3-4-12(15)13(16)10-11/h3-4,10H,2,5-9,16H2,1H3,(H,17,18). The number of carbonyl (C=O) groups excluding carboxylic acids is 1. The maximum atomic E-state index is 11.6. The van der Waals surface area contributed by atoms with E-state index in [9.17, 15) is 4.79 Å². The van der Waals surface area contributed by atoms with E-state index in [-0.39, 0.29) is 12.3 Å². The number of hydrogen-bond donors (Lipinski definition) is 2. The van der Waals surface area contributed by atoms with Gasteiger partial charge in [0.2, 0.25) is 5.91 Å². The fourth-order valence-electron chi connectivity index (χ4n) is 1.48.